The van der Waals surface area contributed by atoms with Crippen LogP contribution in [0.1, 0.15) is 17.9 Å². The van der Waals surface area contributed by atoms with Crippen molar-refractivity contribution in [2.45, 2.75) is 12.3 Å². The van der Waals surface area contributed by atoms with Gasteiger partial charge in [-0.05, 0) is 23.8 Å². The SMILES string of the molecule is O=C(C1CNc2ccccc21)N1CCCSCC1. The second-order valence-corrected chi connectivity index (χ2v) is 6.04. The zero-order valence-corrected chi connectivity index (χ0v) is 11.2. The molecule has 2 aliphatic rings. The average Bonchev–Trinajstić information content (AvgIpc) is 2.65. The van der Waals surface area contributed by atoms with Crippen molar-refractivity contribution in [1.29, 1.82) is 0 Å². The molecule has 2 aliphatic heterocycles. The highest BCUT2D eigenvalue weighted by atomic mass is 32.2. The van der Waals surface area contributed by atoms with Crippen LogP contribution in [0.5, 0.6) is 0 Å². The molecule has 18 heavy (non-hydrogen) atoms. The standard InChI is InChI=1S/C14H18N2OS/c17-14(16-6-3-8-18-9-7-16)12-10-15-13-5-2-1-4-11(12)13/h1-2,4-5,12,15H,3,6-10H2. The maximum Gasteiger partial charge on any atom is 0.232 e. The Morgan fingerprint density at radius 1 is 1.28 bits per heavy atom. The lowest BCUT2D eigenvalue weighted by Crippen LogP contribution is -2.37. The van der Waals surface area contributed by atoms with E-state index >= 15 is 0 Å². The third kappa shape index (κ3) is 2.21. The molecule has 0 bridgehead atoms. The molecule has 1 fully saturated rings. The number of nitrogens with zero attached hydrogens (tertiary/aromatic N) is 1. The van der Waals surface area contributed by atoms with Crippen molar-refractivity contribution in [2.75, 3.05) is 36.5 Å². The molecule has 1 atom stereocenters. The van der Waals surface area contributed by atoms with Gasteiger partial charge in [0, 0.05) is 31.1 Å². The summed E-state index contributed by atoms with van der Waals surface area (Å²) >= 11 is 1.96. The fourth-order valence-corrected chi connectivity index (χ4v) is 3.58. The van der Waals surface area contributed by atoms with Crippen molar-refractivity contribution in [3.8, 4) is 0 Å². The highest BCUT2D eigenvalue weighted by molar-refractivity contribution is 7.99. The van der Waals surface area contributed by atoms with Gasteiger partial charge in [-0.25, -0.2) is 0 Å². The molecular weight excluding hydrogens is 244 g/mol. The second-order valence-electron chi connectivity index (χ2n) is 4.81. The van der Waals surface area contributed by atoms with Gasteiger partial charge in [0.1, 0.15) is 0 Å². The molecule has 0 aliphatic carbocycles. The molecule has 1 unspecified atom stereocenters. The van der Waals surface area contributed by atoms with E-state index in [0.717, 1.165) is 37.5 Å². The number of anilines is 1. The molecule has 3 nitrogen and oxygen atoms in total. The van der Waals surface area contributed by atoms with Crippen molar-refractivity contribution in [2.24, 2.45) is 0 Å². The molecule has 0 aromatic heterocycles. The van der Waals surface area contributed by atoms with E-state index in [2.05, 4.69) is 22.3 Å². The molecule has 1 aromatic carbocycles. The first kappa shape index (κ1) is 11.9. The third-order valence-corrected chi connectivity index (χ3v) is 4.71. The molecule has 2 heterocycles. The fraction of sp³-hybridized carbons (Fsp3) is 0.500. The first-order valence-corrected chi connectivity index (χ1v) is 7.71. The zero-order chi connectivity index (χ0) is 12.4. The number of benzene rings is 1. The summed E-state index contributed by atoms with van der Waals surface area (Å²) in [7, 11) is 0. The number of carbonyl (C=O) groups is 1. The molecule has 1 saturated heterocycles. The molecule has 0 radical (unpaired) electrons. The Bertz CT molecular complexity index is 441. The van der Waals surface area contributed by atoms with E-state index < -0.39 is 0 Å². The molecule has 4 heteroatoms. The van der Waals surface area contributed by atoms with Crippen LogP contribution < -0.4 is 5.32 Å². The summed E-state index contributed by atoms with van der Waals surface area (Å²) in [6.45, 7) is 2.58. The number of carbonyl (C=O) groups excluding carboxylic acids is 1. The maximum absolute atomic E-state index is 12.6. The van der Waals surface area contributed by atoms with Crippen molar-refractivity contribution in [3.05, 3.63) is 29.8 Å². The molecule has 3 rings (SSSR count). The van der Waals surface area contributed by atoms with E-state index in [-0.39, 0.29) is 5.92 Å². The highest BCUT2D eigenvalue weighted by Gasteiger charge is 2.31. The van der Waals surface area contributed by atoms with Crippen LogP contribution in [-0.4, -0.2) is 41.9 Å². The van der Waals surface area contributed by atoms with Gasteiger partial charge in [-0.15, -0.1) is 0 Å². The highest BCUT2D eigenvalue weighted by Crippen LogP contribution is 2.32. The van der Waals surface area contributed by atoms with Gasteiger partial charge >= 0.3 is 0 Å². The Kier molecular flexibility index (Phi) is 3.46. The molecule has 1 N–H and O–H groups in total. The smallest absolute Gasteiger partial charge is 0.232 e. The van der Waals surface area contributed by atoms with Crippen LogP contribution in [0, 0.1) is 0 Å². The minimum absolute atomic E-state index is 0.0179. The van der Waals surface area contributed by atoms with Gasteiger partial charge in [0.25, 0.3) is 0 Å². The Morgan fingerprint density at radius 2 is 2.17 bits per heavy atom. The Morgan fingerprint density at radius 3 is 3.11 bits per heavy atom. The van der Waals surface area contributed by atoms with Gasteiger partial charge in [-0.1, -0.05) is 18.2 Å². The lowest BCUT2D eigenvalue weighted by Gasteiger charge is -2.23. The molecule has 1 aromatic rings. The normalized spacial score (nSPS) is 23.1. The van der Waals surface area contributed by atoms with Gasteiger partial charge in [0.2, 0.25) is 5.91 Å². The average molecular weight is 262 g/mol. The lowest BCUT2D eigenvalue weighted by molar-refractivity contribution is -0.132. The summed E-state index contributed by atoms with van der Waals surface area (Å²) in [6, 6.07) is 8.16. The molecule has 0 spiro atoms. The van der Waals surface area contributed by atoms with Crippen LogP contribution in [0.15, 0.2) is 24.3 Å². The van der Waals surface area contributed by atoms with Gasteiger partial charge in [-0.3, -0.25) is 4.79 Å². The minimum Gasteiger partial charge on any atom is -0.384 e. The number of nitrogens with one attached hydrogen (secondary N) is 1. The van der Waals surface area contributed by atoms with Crippen LogP contribution in [0.4, 0.5) is 5.69 Å². The minimum atomic E-state index is 0.0179. The molecule has 0 saturated carbocycles. The van der Waals surface area contributed by atoms with Gasteiger partial charge < -0.3 is 10.2 Å². The summed E-state index contributed by atoms with van der Waals surface area (Å²) < 4.78 is 0. The van der Waals surface area contributed by atoms with Gasteiger partial charge in [0.15, 0.2) is 0 Å². The van der Waals surface area contributed by atoms with Crippen LogP contribution in [0.3, 0.4) is 0 Å². The largest absolute Gasteiger partial charge is 0.384 e. The number of fused-ring (bicyclic) bond motifs is 1. The first-order valence-electron chi connectivity index (χ1n) is 6.55. The van der Waals surface area contributed by atoms with E-state index in [1.54, 1.807) is 0 Å². The summed E-state index contributed by atoms with van der Waals surface area (Å²) in [5, 5.41) is 3.33. The predicted molar refractivity (Wildman–Crippen MR) is 76.2 cm³/mol. The number of amides is 1. The molecular formula is C14H18N2OS. The second kappa shape index (κ2) is 5.22. The number of hydrogen-bond acceptors (Lipinski definition) is 3. The van der Waals surface area contributed by atoms with E-state index in [4.69, 9.17) is 0 Å². The van der Waals surface area contributed by atoms with Crippen molar-refractivity contribution < 1.29 is 4.79 Å². The predicted octanol–water partition coefficient (Wildman–Crippen LogP) is 2.16. The van der Waals surface area contributed by atoms with E-state index in [1.807, 2.05) is 23.9 Å². The topological polar surface area (TPSA) is 32.3 Å². The number of rotatable bonds is 1. The lowest BCUT2D eigenvalue weighted by atomic mass is 10.00. The van der Waals surface area contributed by atoms with Crippen molar-refractivity contribution in [3.63, 3.8) is 0 Å². The van der Waals surface area contributed by atoms with Crippen molar-refractivity contribution >= 4 is 23.4 Å². The van der Waals surface area contributed by atoms with Gasteiger partial charge in [0.05, 0.1) is 5.92 Å². The first-order chi connectivity index (χ1) is 8.86. The third-order valence-electron chi connectivity index (χ3n) is 3.66. The number of thioether (sulfide) groups is 1. The van der Waals surface area contributed by atoms with Gasteiger partial charge in [-0.2, -0.15) is 11.8 Å². The maximum atomic E-state index is 12.6. The van der Waals surface area contributed by atoms with Crippen molar-refractivity contribution in [1.82, 2.24) is 4.90 Å². The fourth-order valence-electron chi connectivity index (χ4n) is 2.69. The number of hydrogen-bond donors (Lipinski definition) is 1. The Balaban J connectivity index is 1.77. The number of para-hydroxylation sites is 1. The van der Waals surface area contributed by atoms with E-state index in [1.165, 1.54) is 11.3 Å². The quantitative estimate of drug-likeness (QED) is 0.842. The summed E-state index contributed by atoms with van der Waals surface area (Å²) in [4.78, 5) is 14.6. The van der Waals surface area contributed by atoms with Crippen LogP contribution in [0.25, 0.3) is 0 Å². The van der Waals surface area contributed by atoms with E-state index in [0.29, 0.717) is 5.91 Å². The zero-order valence-electron chi connectivity index (χ0n) is 10.4. The molecule has 96 valence electrons. The van der Waals surface area contributed by atoms with Crippen LogP contribution in [0.2, 0.25) is 0 Å². The Hall–Kier alpha value is -1.16. The summed E-state index contributed by atoms with van der Waals surface area (Å²) in [6.07, 6.45) is 1.12. The Labute approximate surface area is 112 Å². The van der Waals surface area contributed by atoms with Crippen LogP contribution in [-0.2, 0) is 4.79 Å². The van der Waals surface area contributed by atoms with E-state index in [9.17, 15) is 4.79 Å². The monoisotopic (exact) mass is 262 g/mol. The summed E-state index contributed by atoms with van der Waals surface area (Å²) in [5.74, 6) is 2.58. The summed E-state index contributed by atoms with van der Waals surface area (Å²) in [5.41, 5.74) is 2.29. The molecule has 1 amide bonds. The van der Waals surface area contributed by atoms with Crippen LogP contribution >= 0.6 is 11.8 Å².